The fraction of sp³-hybridized carbons (Fsp3) is 0.462. The molecule has 1 atom stereocenters. The normalized spacial score (nSPS) is 12.8. The van der Waals surface area contributed by atoms with Crippen LogP contribution in [0.2, 0.25) is 0 Å². The van der Waals surface area contributed by atoms with Crippen molar-refractivity contribution in [3.63, 3.8) is 0 Å². The molecule has 0 bridgehead atoms. The first-order valence-electron chi connectivity index (χ1n) is 11.0. The number of benzene rings is 2. The number of nitrogens with zero attached hydrogens (tertiary/aromatic N) is 1. The van der Waals surface area contributed by atoms with Gasteiger partial charge in [0.25, 0.3) is 0 Å². The fourth-order valence-electron chi connectivity index (χ4n) is 3.32. The lowest BCUT2D eigenvalue weighted by Gasteiger charge is -2.27. The Kier molecular flexibility index (Phi) is 8.22. The molecule has 2 amide bonds. The van der Waals surface area contributed by atoms with Crippen molar-refractivity contribution in [2.45, 2.75) is 71.4 Å². The van der Waals surface area contributed by atoms with Crippen LogP contribution in [0.5, 0.6) is 0 Å². The summed E-state index contributed by atoms with van der Waals surface area (Å²) in [5.41, 5.74) is 1.43. The molecule has 0 spiro atoms. The Labute approximate surface area is 195 Å². The molecule has 0 saturated carbocycles. The molecule has 0 aliphatic rings. The van der Waals surface area contributed by atoms with Gasteiger partial charge in [-0.3, -0.25) is 4.79 Å². The Bertz CT molecular complexity index is 956. The maximum Gasteiger partial charge on any atom is 0.408 e. The van der Waals surface area contributed by atoms with Crippen LogP contribution in [0.3, 0.4) is 0 Å². The Morgan fingerprint density at radius 2 is 1.52 bits per heavy atom. The van der Waals surface area contributed by atoms with Crippen molar-refractivity contribution in [1.29, 1.82) is 0 Å². The second-order valence-electron chi connectivity index (χ2n) is 10.2. The SMILES string of the molecule is CN(C(=O)[C@H](CCc1cc(F)cc(F)c1)NC(=O)OC(C)(C)C)c1ccc(C(C)(C)C)cc1. The first-order valence-corrected chi connectivity index (χ1v) is 11.0. The maximum atomic E-state index is 13.6. The molecule has 2 rings (SSSR count). The molecule has 0 saturated heterocycles. The Morgan fingerprint density at radius 3 is 2.00 bits per heavy atom. The van der Waals surface area contributed by atoms with Gasteiger partial charge in [-0.05, 0) is 74.4 Å². The minimum atomic E-state index is -0.946. The highest BCUT2D eigenvalue weighted by Crippen LogP contribution is 2.25. The molecule has 0 aliphatic carbocycles. The molecule has 2 aromatic carbocycles. The van der Waals surface area contributed by atoms with Crippen molar-refractivity contribution in [3.05, 3.63) is 65.2 Å². The van der Waals surface area contributed by atoms with Crippen LogP contribution in [-0.4, -0.2) is 30.7 Å². The largest absolute Gasteiger partial charge is 0.444 e. The average molecular weight is 461 g/mol. The summed E-state index contributed by atoms with van der Waals surface area (Å²) < 4.78 is 32.4. The summed E-state index contributed by atoms with van der Waals surface area (Å²) in [5.74, 6) is -1.74. The van der Waals surface area contributed by atoms with E-state index in [1.165, 1.54) is 17.0 Å². The van der Waals surface area contributed by atoms with Gasteiger partial charge in [0.05, 0.1) is 0 Å². The molecule has 0 fully saturated rings. The number of halogens is 2. The number of hydrogen-bond donors (Lipinski definition) is 1. The van der Waals surface area contributed by atoms with E-state index >= 15 is 0 Å². The second-order valence-corrected chi connectivity index (χ2v) is 10.2. The number of amides is 2. The Hall–Kier alpha value is -2.96. The van der Waals surface area contributed by atoms with Crippen LogP contribution in [-0.2, 0) is 21.4 Å². The molecule has 7 heteroatoms. The van der Waals surface area contributed by atoms with E-state index in [0.29, 0.717) is 11.3 Å². The predicted octanol–water partition coefficient (Wildman–Crippen LogP) is 5.75. The molecule has 180 valence electrons. The van der Waals surface area contributed by atoms with Crippen LogP contribution in [0.15, 0.2) is 42.5 Å². The van der Waals surface area contributed by atoms with Crippen molar-refractivity contribution in [2.24, 2.45) is 0 Å². The molecule has 0 unspecified atom stereocenters. The number of anilines is 1. The van der Waals surface area contributed by atoms with Crippen LogP contribution in [0.4, 0.5) is 19.3 Å². The fourth-order valence-corrected chi connectivity index (χ4v) is 3.32. The van der Waals surface area contributed by atoms with Gasteiger partial charge in [-0.15, -0.1) is 0 Å². The molecule has 0 heterocycles. The minimum Gasteiger partial charge on any atom is -0.444 e. The van der Waals surface area contributed by atoms with E-state index in [1.807, 2.05) is 24.3 Å². The number of ether oxygens (including phenoxy) is 1. The topological polar surface area (TPSA) is 58.6 Å². The zero-order valence-corrected chi connectivity index (χ0v) is 20.5. The van der Waals surface area contributed by atoms with E-state index in [1.54, 1.807) is 27.8 Å². The van der Waals surface area contributed by atoms with Crippen molar-refractivity contribution >= 4 is 17.7 Å². The summed E-state index contributed by atoms with van der Waals surface area (Å²) in [6.07, 6.45) is -0.397. The molecular weight excluding hydrogens is 426 g/mol. The molecule has 1 N–H and O–H groups in total. The Morgan fingerprint density at radius 1 is 0.970 bits per heavy atom. The number of carbonyl (C=O) groups is 2. The van der Waals surface area contributed by atoms with Crippen LogP contribution in [0.25, 0.3) is 0 Å². The van der Waals surface area contributed by atoms with Gasteiger partial charge < -0.3 is 15.0 Å². The van der Waals surface area contributed by atoms with Gasteiger partial charge in [-0.25, -0.2) is 13.6 Å². The van der Waals surface area contributed by atoms with Gasteiger partial charge in [0, 0.05) is 18.8 Å². The van der Waals surface area contributed by atoms with E-state index in [-0.39, 0.29) is 24.2 Å². The lowest BCUT2D eigenvalue weighted by Crippen LogP contribution is -2.49. The highest BCUT2D eigenvalue weighted by Gasteiger charge is 2.27. The highest BCUT2D eigenvalue weighted by molar-refractivity contribution is 5.98. The van der Waals surface area contributed by atoms with Crippen molar-refractivity contribution in [3.8, 4) is 0 Å². The number of rotatable bonds is 6. The standard InChI is InChI=1S/C26H34F2N2O3/c1-25(2,3)18-9-11-21(12-10-18)30(7)23(31)22(29-24(32)33-26(4,5)6)13-8-17-14-19(27)16-20(28)15-17/h9-12,14-16,22H,8,13H2,1-7H3,(H,29,32)/t22-/m0/s1. The third kappa shape index (κ3) is 8.15. The molecule has 2 aromatic rings. The van der Waals surface area contributed by atoms with Crippen molar-refractivity contribution < 1.29 is 23.1 Å². The average Bonchev–Trinajstić information content (AvgIpc) is 2.67. The van der Waals surface area contributed by atoms with Crippen molar-refractivity contribution in [2.75, 3.05) is 11.9 Å². The number of hydrogen-bond acceptors (Lipinski definition) is 3. The third-order valence-electron chi connectivity index (χ3n) is 5.08. The zero-order valence-electron chi connectivity index (χ0n) is 20.5. The smallest absolute Gasteiger partial charge is 0.408 e. The lowest BCUT2D eigenvalue weighted by atomic mass is 9.87. The van der Waals surface area contributed by atoms with Crippen molar-refractivity contribution in [1.82, 2.24) is 5.32 Å². The van der Waals surface area contributed by atoms with Crippen LogP contribution in [0, 0.1) is 11.6 Å². The van der Waals surface area contributed by atoms with E-state index < -0.39 is 29.4 Å². The van der Waals surface area contributed by atoms with Crippen LogP contribution in [0.1, 0.15) is 59.1 Å². The molecule has 0 radical (unpaired) electrons. The highest BCUT2D eigenvalue weighted by atomic mass is 19.1. The Balaban J connectivity index is 2.22. The molecule has 0 aromatic heterocycles. The summed E-state index contributed by atoms with van der Waals surface area (Å²) in [7, 11) is 1.63. The number of likely N-dealkylation sites (N-methyl/N-ethyl adjacent to an activating group) is 1. The summed E-state index contributed by atoms with van der Waals surface area (Å²) in [4.78, 5) is 27.1. The number of carbonyl (C=O) groups excluding carboxylic acids is 2. The summed E-state index contributed by atoms with van der Waals surface area (Å²) in [6.45, 7) is 11.5. The number of aryl methyl sites for hydroxylation is 1. The van der Waals surface area contributed by atoms with E-state index in [2.05, 4.69) is 26.1 Å². The second kappa shape index (κ2) is 10.3. The quantitative estimate of drug-likeness (QED) is 0.597. The predicted molar refractivity (Wildman–Crippen MR) is 126 cm³/mol. The maximum absolute atomic E-state index is 13.6. The molecule has 33 heavy (non-hydrogen) atoms. The summed E-state index contributed by atoms with van der Waals surface area (Å²) in [5, 5.41) is 2.62. The van der Waals surface area contributed by atoms with Gasteiger partial charge in [-0.2, -0.15) is 0 Å². The minimum absolute atomic E-state index is 0.0256. The first-order chi connectivity index (χ1) is 15.2. The van der Waals surface area contributed by atoms with Gasteiger partial charge in [0.2, 0.25) is 5.91 Å². The zero-order chi connectivity index (χ0) is 25.0. The number of nitrogens with one attached hydrogen (secondary N) is 1. The molecule has 5 nitrogen and oxygen atoms in total. The molecule has 0 aliphatic heterocycles. The first kappa shape index (κ1) is 26.3. The monoisotopic (exact) mass is 460 g/mol. The van der Waals surface area contributed by atoms with Crippen LogP contribution >= 0.6 is 0 Å². The van der Waals surface area contributed by atoms with Crippen LogP contribution < -0.4 is 10.2 Å². The van der Waals surface area contributed by atoms with Gasteiger partial charge in [0.1, 0.15) is 23.3 Å². The lowest BCUT2D eigenvalue weighted by molar-refractivity contribution is -0.120. The number of alkyl carbamates (subject to hydrolysis) is 1. The summed E-state index contributed by atoms with van der Waals surface area (Å²) in [6, 6.07) is 9.91. The van der Waals surface area contributed by atoms with Gasteiger partial charge in [-0.1, -0.05) is 32.9 Å². The summed E-state index contributed by atoms with van der Waals surface area (Å²) >= 11 is 0. The van der Waals surface area contributed by atoms with Gasteiger partial charge >= 0.3 is 6.09 Å². The van der Waals surface area contributed by atoms with E-state index in [4.69, 9.17) is 4.74 Å². The van der Waals surface area contributed by atoms with Gasteiger partial charge in [0.15, 0.2) is 0 Å². The van der Waals surface area contributed by atoms with E-state index in [0.717, 1.165) is 11.6 Å². The third-order valence-corrected chi connectivity index (χ3v) is 5.08. The van der Waals surface area contributed by atoms with E-state index in [9.17, 15) is 18.4 Å². The molecular formula is C26H34F2N2O3.